The van der Waals surface area contributed by atoms with Crippen molar-refractivity contribution in [3.8, 4) is 0 Å². The molecular formula is C16H14F4N2O. The highest BCUT2D eigenvalue weighted by Crippen LogP contribution is 2.29. The summed E-state index contributed by atoms with van der Waals surface area (Å²) in [5.41, 5.74) is 0.0326. The standard InChI is InChI=1S/C16H14F4N2O/c1-10(21-13-8-4-12(17)5-9-13)15(23)22-14-6-2-11(3-7-14)16(18,19)20/h2-10,21H,1H3,(H,22,23)/t10-/m0/s1. The van der Waals surface area contributed by atoms with Crippen LogP contribution in [0.5, 0.6) is 0 Å². The highest BCUT2D eigenvalue weighted by molar-refractivity contribution is 5.96. The number of amides is 1. The number of alkyl halides is 3. The van der Waals surface area contributed by atoms with Crippen LogP contribution < -0.4 is 10.6 Å². The molecule has 0 fully saturated rings. The van der Waals surface area contributed by atoms with E-state index in [0.717, 1.165) is 12.1 Å². The fourth-order valence-corrected chi connectivity index (χ4v) is 1.85. The summed E-state index contributed by atoms with van der Waals surface area (Å²) in [5, 5.41) is 5.38. The first-order valence-corrected chi connectivity index (χ1v) is 6.76. The van der Waals surface area contributed by atoms with Gasteiger partial charge in [0, 0.05) is 11.4 Å². The molecular weight excluding hydrogens is 312 g/mol. The molecule has 7 heteroatoms. The van der Waals surface area contributed by atoms with Crippen LogP contribution in [-0.4, -0.2) is 11.9 Å². The number of benzene rings is 2. The van der Waals surface area contributed by atoms with E-state index in [4.69, 9.17) is 0 Å². The molecule has 2 N–H and O–H groups in total. The molecule has 0 heterocycles. The van der Waals surface area contributed by atoms with Gasteiger partial charge in [-0.2, -0.15) is 13.2 Å². The SMILES string of the molecule is C[C@H](Nc1ccc(F)cc1)C(=O)Nc1ccc(C(F)(F)F)cc1. The summed E-state index contributed by atoms with van der Waals surface area (Å²) < 4.78 is 50.2. The number of hydrogen-bond acceptors (Lipinski definition) is 2. The molecule has 0 radical (unpaired) electrons. The third kappa shape index (κ3) is 4.70. The Balaban J connectivity index is 1.96. The lowest BCUT2D eigenvalue weighted by Gasteiger charge is -2.15. The quantitative estimate of drug-likeness (QED) is 0.823. The van der Waals surface area contributed by atoms with Gasteiger partial charge in [-0.25, -0.2) is 4.39 Å². The van der Waals surface area contributed by atoms with E-state index in [-0.39, 0.29) is 5.69 Å². The van der Waals surface area contributed by atoms with Gasteiger partial charge in [-0.1, -0.05) is 0 Å². The Kier molecular flexibility index (Phi) is 4.88. The Morgan fingerprint density at radius 1 is 0.957 bits per heavy atom. The van der Waals surface area contributed by atoms with Crippen LogP contribution in [0.3, 0.4) is 0 Å². The Morgan fingerprint density at radius 2 is 1.48 bits per heavy atom. The van der Waals surface area contributed by atoms with Crippen molar-refractivity contribution >= 4 is 17.3 Å². The number of hydrogen-bond donors (Lipinski definition) is 2. The molecule has 3 nitrogen and oxygen atoms in total. The van der Waals surface area contributed by atoms with Crippen molar-refractivity contribution in [2.75, 3.05) is 10.6 Å². The van der Waals surface area contributed by atoms with Gasteiger partial charge in [-0.3, -0.25) is 4.79 Å². The van der Waals surface area contributed by atoms with E-state index in [0.29, 0.717) is 5.69 Å². The van der Waals surface area contributed by atoms with Crippen molar-refractivity contribution in [2.24, 2.45) is 0 Å². The second kappa shape index (κ2) is 6.68. The van der Waals surface area contributed by atoms with Gasteiger partial charge in [0.05, 0.1) is 5.56 Å². The second-order valence-corrected chi connectivity index (χ2v) is 4.94. The highest BCUT2D eigenvalue weighted by Gasteiger charge is 2.30. The van der Waals surface area contributed by atoms with Crippen LogP contribution in [0, 0.1) is 5.82 Å². The van der Waals surface area contributed by atoms with Gasteiger partial charge in [-0.05, 0) is 55.5 Å². The van der Waals surface area contributed by atoms with Crippen LogP contribution in [0.2, 0.25) is 0 Å². The molecule has 1 atom stereocenters. The lowest BCUT2D eigenvalue weighted by molar-refractivity contribution is -0.137. The average Bonchev–Trinajstić information content (AvgIpc) is 2.49. The number of carbonyl (C=O) groups is 1. The van der Waals surface area contributed by atoms with Gasteiger partial charge in [-0.15, -0.1) is 0 Å². The fourth-order valence-electron chi connectivity index (χ4n) is 1.85. The van der Waals surface area contributed by atoms with Gasteiger partial charge in [0.15, 0.2) is 0 Å². The molecule has 122 valence electrons. The van der Waals surface area contributed by atoms with E-state index in [1.807, 2.05) is 0 Å². The minimum absolute atomic E-state index is 0.260. The molecule has 0 aliphatic heterocycles. The van der Waals surface area contributed by atoms with Crippen LogP contribution >= 0.6 is 0 Å². The molecule has 0 unspecified atom stereocenters. The lowest BCUT2D eigenvalue weighted by Crippen LogP contribution is -2.31. The topological polar surface area (TPSA) is 41.1 Å². The molecule has 0 aromatic heterocycles. The minimum Gasteiger partial charge on any atom is -0.374 e. The molecule has 0 saturated carbocycles. The zero-order valence-corrected chi connectivity index (χ0v) is 12.1. The molecule has 0 saturated heterocycles. The van der Waals surface area contributed by atoms with Crippen LogP contribution in [0.25, 0.3) is 0 Å². The summed E-state index contributed by atoms with van der Waals surface area (Å²) in [5.74, 6) is -0.813. The first-order chi connectivity index (χ1) is 10.8. The second-order valence-electron chi connectivity index (χ2n) is 4.94. The Hall–Kier alpha value is -2.57. The number of nitrogens with one attached hydrogen (secondary N) is 2. The predicted octanol–water partition coefficient (Wildman–Crippen LogP) is 4.28. The first kappa shape index (κ1) is 16.8. The maximum Gasteiger partial charge on any atom is 0.416 e. The van der Waals surface area contributed by atoms with Crippen molar-refractivity contribution in [2.45, 2.75) is 19.1 Å². The van der Waals surface area contributed by atoms with Gasteiger partial charge in [0.1, 0.15) is 11.9 Å². The summed E-state index contributed by atoms with van der Waals surface area (Å²) in [4.78, 5) is 12.0. The number of rotatable bonds is 4. The molecule has 0 aliphatic carbocycles. The van der Waals surface area contributed by atoms with Crippen molar-refractivity contribution in [1.82, 2.24) is 0 Å². The van der Waals surface area contributed by atoms with E-state index in [2.05, 4.69) is 10.6 Å². The zero-order valence-electron chi connectivity index (χ0n) is 12.1. The molecule has 0 aliphatic rings. The number of carbonyl (C=O) groups excluding carboxylic acids is 1. The molecule has 2 aromatic rings. The Labute approximate surface area is 130 Å². The summed E-state index contributed by atoms with van der Waals surface area (Å²) in [6.07, 6.45) is -4.42. The molecule has 2 rings (SSSR count). The van der Waals surface area contributed by atoms with Crippen LogP contribution in [0.15, 0.2) is 48.5 Å². The third-order valence-corrected chi connectivity index (χ3v) is 3.10. The van der Waals surface area contributed by atoms with Gasteiger partial charge in [0.2, 0.25) is 5.91 Å². The van der Waals surface area contributed by atoms with E-state index in [9.17, 15) is 22.4 Å². The maximum absolute atomic E-state index is 12.8. The van der Waals surface area contributed by atoms with Crippen molar-refractivity contribution < 1.29 is 22.4 Å². The zero-order chi connectivity index (χ0) is 17.0. The predicted molar refractivity (Wildman–Crippen MR) is 79.6 cm³/mol. The molecule has 0 spiro atoms. The third-order valence-electron chi connectivity index (χ3n) is 3.10. The van der Waals surface area contributed by atoms with Crippen LogP contribution in [0.1, 0.15) is 12.5 Å². The smallest absolute Gasteiger partial charge is 0.374 e. The van der Waals surface area contributed by atoms with Crippen molar-refractivity contribution in [3.05, 3.63) is 59.9 Å². The van der Waals surface area contributed by atoms with Gasteiger partial charge in [0.25, 0.3) is 0 Å². The maximum atomic E-state index is 12.8. The summed E-state index contributed by atoms with van der Waals surface area (Å²) >= 11 is 0. The summed E-state index contributed by atoms with van der Waals surface area (Å²) in [6, 6.07) is 8.99. The normalized spacial score (nSPS) is 12.6. The van der Waals surface area contributed by atoms with Crippen LogP contribution in [0.4, 0.5) is 28.9 Å². The Morgan fingerprint density at radius 3 is 2.00 bits per heavy atom. The van der Waals surface area contributed by atoms with Crippen LogP contribution in [-0.2, 0) is 11.0 Å². The fraction of sp³-hybridized carbons (Fsp3) is 0.188. The van der Waals surface area contributed by atoms with E-state index >= 15 is 0 Å². The first-order valence-electron chi connectivity index (χ1n) is 6.76. The van der Waals surface area contributed by atoms with Gasteiger partial charge >= 0.3 is 6.18 Å². The lowest BCUT2D eigenvalue weighted by atomic mass is 10.2. The van der Waals surface area contributed by atoms with Crippen molar-refractivity contribution in [3.63, 3.8) is 0 Å². The number of anilines is 2. The summed E-state index contributed by atoms with van der Waals surface area (Å²) in [6.45, 7) is 1.59. The molecule has 1 amide bonds. The Bertz CT molecular complexity index is 666. The highest BCUT2D eigenvalue weighted by atomic mass is 19.4. The van der Waals surface area contributed by atoms with Crippen molar-refractivity contribution in [1.29, 1.82) is 0 Å². The van der Waals surface area contributed by atoms with E-state index < -0.39 is 29.5 Å². The molecule has 23 heavy (non-hydrogen) atoms. The largest absolute Gasteiger partial charge is 0.416 e. The monoisotopic (exact) mass is 326 g/mol. The average molecular weight is 326 g/mol. The molecule has 2 aromatic carbocycles. The minimum atomic E-state index is -4.42. The van der Waals surface area contributed by atoms with Gasteiger partial charge < -0.3 is 10.6 Å². The van der Waals surface area contributed by atoms with E-state index in [1.165, 1.54) is 36.4 Å². The number of halogens is 4. The van der Waals surface area contributed by atoms with E-state index in [1.54, 1.807) is 6.92 Å². The molecule has 0 bridgehead atoms. The summed E-state index contributed by atoms with van der Waals surface area (Å²) in [7, 11) is 0.